The molecule has 0 saturated carbocycles. The van der Waals surface area contributed by atoms with E-state index in [-0.39, 0.29) is 5.75 Å². The van der Waals surface area contributed by atoms with Crippen LogP contribution in [0.3, 0.4) is 0 Å². The van der Waals surface area contributed by atoms with Crippen LogP contribution in [0.4, 0.5) is 0 Å². The molecule has 1 heterocycles. The number of aromatic hydroxyl groups is 1. The zero-order chi connectivity index (χ0) is 12.1. The summed E-state index contributed by atoms with van der Waals surface area (Å²) in [6.45, 7) is 0.766. The third-order valence-electron chi connectivity index (χ3n) is 2.36. The van der Waals surface area contributed by atoms with E-state index in [2.05, 4.69) is 12.1 Å². The van der Waals surface area contributed by atoms with Gasteiger partial charge >= 0.3 is 0 Å². The summed E-state index contributed by atoms with van der Waals surface area (Å²) in [4.78, 5) is 0. The molecule has 0 aromatic heterocycles. The quantitative estimate of drug-likeness (QED) is 0.818. The maximum atomic E-state index is 8.86. The van der Waals surface area contributed by atoms with Crippen molar-refractivity contribution in [1.29, 1.82) is 0 Å². The number of hydrogen-bond donors (Lipinski definition) is 1. The molecule has 1 aliphatic rings. The smallest absolute Gasteiger partial charge is 0.122 e. The molecular weight excluding hydrogens is 216 g/mol. The monoisotopic (exact) mass is 230 g/mol. The molecule has 0 spiro atoms. The molecule has 0 saturated heterocycles. The lowest BCUT2D eigenvalue weighted by Gasteiger charge is -1.97. The predicted octanol–water partition coefficient (Wildman–Crippen LogP) is 2.98. The van der Waals surface area contributed by atoms with Gasteiger partial charge in [0.25, 0.3) is 0 Å². The molecule has 3 rings (SSSR count). The van der Waals surface area contributed by atoms with E-state index in [0.717, 1.165) is 12.4 Å². The number of methoxy groups -OCH3 is 1. The Kier molecular flexibility index (Phi) is 3.50. The number of fused-ring (bicyclic) bond motifs is 2. The molecule has 1 aliphatic heterocycles. The Hall–Kier alpha value is -2.16. The van der Waals surface area contributed by atoms with Gasteiger partial charge in [0.2, 0.25) is 0 Å². The van der Waals surface area contributed by atoms with Gasteiger partial charge in [-0.05, 0) is 29.8 Å². The molecule has 0 amide bonds. The molecule has 2 bridgehead atoms. The molecular formula is C14H14O3. The summed E-state index contributed by atoms with van der Waals surface area (Å²) in [5, 5.41) is 8.86. The van der Waals surface area contributed by atoms with Crippen molar-refractivity contribution in [3.63, 3.8) is 0 Å². The number of phenols is 1. The van der Waals surface area contributed by atoms with Gasteiger partial charge in [0.05, 0.1) is 7.11 Å². The minimum atomic E-state index is 0.231. The third kappa shape index (κ3) is 3.14. The lowest BCUT2D eigenvalue weighted by Crippen LogP contribution is -1.80. The van der Waals surface area contributed by atoms with E-state index in [1.54, 1.807) is 31.4 Å². The highest BCUT2D eigenvalue weighted by atomic mass is 16.5. The van der Waals surface area contributed by atoms with Gasteiger partial charge in [0.15, 0.2) is 0 Å². The Morgan fingerprint density at radius 3 is 2.53 bits per heavy atom. The summed E-state index contributed by atoms with van der Waals surface area (Å²) in [6.07, 6.45) is 0. The average Bonchev–Trinajstić information content (AvgIpc) is 2.69. The molecule has 17 heavy (non-hydrogen) atoms. The van der Waals surface area contributed by atoms with Crippen molar-refractivity contribution in [2.45, 2.75) is 6.61 Å². The van der Waals surface area contributed by atoms with Crippen LogP contribution in [0.1, 0.15) is 5.56 Å². The third-order valence-corrected chi connectivity index (χ3v) is 2.36. The number of ether oxygens (including phenoxy) is 2. The summed E-state index contributed by atoms with van der Waals surface area (Å²) in [5.74, 6) is 1.91. The summed E-state index contributed by atoms with van der Waals surface area (Å²) in [6, 6.07) is 14.8. The molecule has 0 aliphatic carbocycles. The molecule has 3 nitrogen and oxygen atoms in total. The van der Waals surface area contributed by atoms with Gasteiger partial charge < -0.3 is 14.6 Å². The Morgan fingerprint density at radius 1 is 1.12 bits per heavy atom. The number of benzene rings is 2. The van der Waals surface area contributed by atoms with E-state index in [4.69, 9.17) is 14.6 Å². The Morgan fingerprint density at radius 2 is 1.94 bits per heavy atom. The van der Waals surface area contributed by atoms with Crippen LogP contribution in [0.5, 0.6) is 17.2 Å². The predicted molar refractivity (Wildman–Crippen MR) is 65.4 cm³/mol. The summed E-state index contributed by atoms with van der Waals surface area (Å²) < 4.78 is 10.0. The van der Waals surface area contributed by atoms with Crippen molar-refractivity contribution in [2.24, 2.45) is 0 Å². The van der Waals surface area contributed by atoms with Crippen LogP contribution in [0.15, 0.2) is 48.5 Å². The van der Waals surface area contributed by atoms with Crippen LogP contribution < -0.4 is 9.47 Å². The highest BCUT2D eigenvalue weighted by Crippen LogP contribution is 2.20. The highest BCUT2D eigenvalue weighted by molar-refractivity contribution is 5.32. The van der Waals surface area contributed by atoms with E-state index >= 15 is 0 Å². The van der Waals surface area contributed by atoms with Crippen LogP contribution >= 0.6 is 0 Å². The second-order valence-corrected chi connectivity index (χ2v) is 3.64. The summed E-state index contributed by atoms with van der Waals surface area (Å²) >= 11 is 0. The Labute approximate surface area is 100 Å². The van der Waals surface area contributed by atoms with E-state index < -0.39 is 0 Å². The second-order valence-electron chi connectivity index (χ2n) is 3.64. The van der Waals surface area contributed by atoms with Gasteiger partial charge in [0, 0.05) is 6.07 Å². The van der Waals surface area contributed by atoms with Crippen molar-refractivity contribution in [3.8, 4) is 17.2 Å². The average molecular weight is 230 g/mol. The fourth-order valence-corrected chi connectivity index (χ4v) is 1.50. The molecule has 0 atom stereocenters. The van der Waals surface area contributed by atoms with Crippen LogP contribution in [0, 0.1) is 0 Å². The number of rotatable bonds is 1. The molecule has 0 radical (unpaired) electrons. The molecule has 0 unspecified atom stereocenters. The van der Waals surface area contributed by atoms with Crippen molar-refractivity contribution in [2.75, 3.05) is 7.11 Å². The molecule has 3 heteroatoms. The fraction of sp³-hybridized carbons (Fsp3) is 0.143. The van der Waals surface area contributed by atoms with Gasteiger partial charge in [-0.3, -0.25) is 0 Å². The first kappa shape index (κ1) is 11.3. The zero-order valence-electron chi connectivity index (χ0n) is 9.59. The topological polar surface area (TPSA) is 38.7 Å². The van der Waals surface area contributed by atoms with Crippen molar-refractivity contribution < 1.29 is 14.6 Å². The van der Waals surface area contributed by atoms with E-state index in [9.17, 15) is 0 Å². The molecule has 1 N–H and O–H groups in total. The van der Waals surface area contributed by atoms with E-state index in [1.165, 1.54) is 5.56 Å². The first-order valence-electron chi connectivity index (χ1n) is 5.33. The largest absolute Gasteiger partial charge is 0.508 e. The normalized spacial score (nSPS) is 11.1. The Balaban J connectivity index is 0.000000127. The first-order chi connectivity index (χ1) is 8.28. The van der Waals surface area contributed by atoms with Crippen molar-refractivity contribution in [3.05, 3.63) is 54.1 Å². The minimum Gasteiger partial charge on any atom is -0.508 e. The maximum absolute atomic E-state index is 8.86. The van der Waals surface area contributed by atoms with E-state index in [1.807, 2.05) is 12.1 Å². The standard InChI is InChI=1S/C7H8O2.C7H6O/c1-9-7-4-2-3-6(8)5-7;1-2-6-4-7(3-1)8-5-6/h2-5,8H,1H3;1-4H,5H2. The van der Waals surface area contributed by atoms with Crippen LogP contribution in [-0.4, -0.2) is 12.2 Å². The molecule has 0 fully saturated rings. The summed E-state index contributed by atoms with van der Waals surface area (Å²) in [5.41, 5.74) is 1.28. The molecule has 88 valence electrons. The summed E-state index contributed by atoms with van der Waals surface area (Å²) in [7, 11) is 1.56. The lowest BCUT2D eigenvalue weighted by molar-refractivity contribution is 0.328. The van der Waals surface area contributed by atoms with Crippen molar-refractivity contribution >= 4 is 0 Å². The maximum Gasteiger partial charge on any atom is 0.122 e. The van der Waals surface area contributed by atoms with Crippen LogP contribution in [0.25, 0.3) is 0 Å². The lowest BCUT2D eigenvalue weighted by atomic mass is 10.2. The van der Waals surface area contributed by atoms with Crippen LogP contribution in [-0.2, 0) is 6.61 Å². The second kappa shape index (κ2) is 5.25. The van der Waals surface area contributed by atoms with Gasteiger partial charge in [-0.25, -0.2) is 0 Å². The fourth-order valence-electron chi connectivity index (χ4n) is 1.50. The molecule has 2 aromatic rings. The van der Waals surface area contributed by atoms with Gasteiger partial charge in [0.1, 0.15) is 23.9 Å². The van der Waals surface area contributed by atoms with Gasteiger partial charge in [-0.1, -0.05) is 18.2 Å². The van der Waals surface area contributed by atoms with Gasteiger partial charge in [-0.2, -0.15) is 0 Å². The number of hydrogen-bond acceptors (Lipinski definition) is 3. The molecule has 2 aromatic carbocycles. The SMILES string of the molecule is COc1cccc(O)c1.c1cc2cc(c1)OC2. The highest BCUT2D eigenvalue weighted by Gasteiger charge is 2.03. The minimum absolute atomic E-state index is 0.231. The number of phenolic OH excluding ortho intramolecular Hbond substituents is 1. The van der Waals surface area contributed by atoms with Crippen LogP contribution in [0.2, 0.25) is 0 Å². The Bertz CT molecular complexity index is 475. The zero-order valence-corrected chi connectivity index (χ0v) is 9.59. The van der Waals surface area contributed by atoms with E-state index in [0.29, 0.717) is 5.75 Å². The van der Waals surface area contributed by atoms with Crippen molar-refractivity contribution in [1.82, 2.24) is 0 Å². The first-order valence-corrected chi connectivity index (χ1v) is 5.33. The van der Waals surface area contributed by atoms with Gasteiger partial charge in [-0.15, -0.1) is 0 Å².